The first-order chi connectivity index (χ1) is 10.2. The molecule has 0 aromatic heterocycles. The highest BCUT2D eigenvalue weighted by Gasteiger charge is 2.33. The third-order valence-corrected chi connectivity index (χ3v) is 3.55. The molecule has 1 rings (SSSR count). The summed E-state index contributed by atoms with van der Waals surface area (Å²) in [5.41, 5.74) is -0.0536. The van der Waals surface area contributed by atoms with Gasteiger partial charge in [0, 0.05) is 5.33 Å². The number of carboxylic acid groups (broad SMARTS) is 4. The Balaban J connectivity index is 3.53. The average molecular weight is 375 g/mol. The predicted molar refractivity (Wildman–Crippen MR) is 75.1 cm³/mol. The van der Waals surface area contributed by atoms with Gasteiger partial charge in [-0.1, -0.05) is 34.1 Å². The van der Waals surface area contributed by atoms with Gasteiger partial charge in [0.05, 0.1) is 0 Å². The van der Waals surface area contributed by atoms with Crippen LogP contribution in [0.25, 0.3) is 0 Å². The van der Waals surface area contributed by atoms with Gasteiger partial charge >= 0.3 is 23.9 Å². The van der Waals surface area contributed by atoms with Crippen LogP contribution >= 0.6 is 15.9 Å². The molecule has 0 atom stereocenters. The molecule has 22 heavy (non-hydrogen) atoms. The van der Waals surface area contributed by atoms with Crippen molar-refractivity contribution in [3.63, 3.8) is 0 Å². The van der Waals surface area contributed by atoms with Gasteiger partial charge in [-0.25, -0.2) is 0 Å². The third-order valence-electron chi connectivity index (χ3n) is 2.95. The van der Waals surface area contributed by atoms with Gasteiger partial charge < -0.3 is 20.4 Å². The fourth-order valence-electron chi connectivity index (χ4n) is 1.95. The number of hydrogen-bond acceptors (Lipinski definition) is 4. The van der Waals surface area contributed by atoms with Crippen LogP contribution in [0.3, 0.4) is 0 Å². The van der Waals surface area contributed by atoms with Crippen molar-refractivity contribution in [1.29, 1.82) is 0 Å². The molecular formula is C13H11BrO8. The summed E-state index contributed by atoms with van der Waals surface area (Å²) in [7, 11) is 0. The maximum Gasteiger partial charge on any atom is 0.322 e. The van der Waals surface area contributed by atoms with E-state index in [9.17, 15) is 19.2 Å². The maximum absolute atomic E-state index is 11.1. The summed E-state index contributed by atoms with van der Waals surface area (Å²) in [6, 6.07) is 3.52. The van der Waals surface area contributed by atoms with Gasteiger partial charge in [0.15, 0.2) is 11.8 Å². The van der Waals surface area contributed by atoms with Crippen molar-refractivity contribution >= 4 is 39.8 Å². The molecule has 0 spiro atoms. The zero-order valence-corrected chi connectivity index (χ0v) is 12.5. The Morgan fingerprint density at radius 2 is 1.32 bits per heavy atom. The monoisotopic (exact) mass is 374 g/mol. The predicted octanol–water partition coefficient (Wildman–Crippen LogP) is 1.09. The van der Waals surface area contributed by atoms with Crippen LogP contribution < -0.4 is 0 Å². The lowest BCUT2D eigenvalue weighted by Crippen LogP contribution is -2.24. The molecule has 4 N–H and O–H groups in total. The number of carboxylic acids is 4. The number of halogens is 1. The topological polar surface area (TPSA) is 149 Å². The second kappa shape index (κ2) is 7.03. The second-order valence-corrected chi connectivity index (χ2v) is 4.87. The summed E-state index contributed by atoms with van der Waals surface area (Å²) in [6.07, 6.45) is 0. The number of rotatable bonds is 7. The molecule has 0 fully saturated rings. The lowest BCUT2D eigenvalue weighted by Gasteiger charge is -2.16. The van der Waals surface area contributed by atoms with E-state index in [-0.39, 0.29) is 16.5 Å². The summed E-state index contributed by atoms with van der Waals surface area (Å²) in [4.78, 5) is 44.3. The minimum absolute atomic E-state index is 0.129. The Hall–Kier alpha value is -2.42. The van der Waals surface area contributed by atoms with Gasteiger partial charge in [-0.05, 0) is 16.7 Å². The van der Waals surface area contributed by atoms with Crippen molar-refractivity contribution in [3.8, 4) is 0 Å². The highest BCUT2D eigenvalue weighted by atomic mass is 79.9. The van der Waals surface area contributed by atoms with E-state index in [1.165, 1.54) is 12.1 Å². The molecule has 0 amide bonds. The molecule has 0 aliphatic heterocycles. The highest BCUT2D eigenvalue weighted by molar-refractivity contribution is 9.08. The minimum atomic E-state index is -1.92. The number of hydrogen-bond donors (Lipinski definition) is 4. The molecule has 0 radical (unpaired) electrons. The summed E-state index contributed by atoms with van der Waals surface area (Å²) in [5.74, 6) is -10.4. The minimum Gasteiger partial charge on any atom is -0.480 e. The first-order valence-corrected chi connectivity index (χ1v) is 6.92. The normalized spacial score (nSPS) is 10.7. The Labute approximate surface area is 132 Å². The third kappa shape index (κ3) is 3.61. The van der Waals surface area contributed by atoms with Crippen molar-refractivity contribution < 1.29 is 39.6 Å². The summed E-state index contributed by atoms with van der Waals surface area (Å²) >= 11 is 3.08. The van der Waals surface area contributed by atoms with E-state index >= 15 is 0 Å². The van der Waals surface area contributed by atoms with E-state index in [0.717, 1.165) is 6.07 Å². The van der Waals surface area contributed by atoms with Crippen molar-refractivity contribution in [3.05, 3.63) is 34.9 Å². The summed E-state index contributed by atoms with van der Waals surface area (Å²) < 4.78 is 0. The number of benzene rings is 1. The number of alkyl halides is 1. The van der Waals surface area contributed by atoms with Crippen LogP contribution in [0.4, 0.5) is 0 Å². The van der Waals surface area contributed by atoms with Gasteiger partial charge in [-0.2, -0.15) is 0 Å². The van der Waals surface area contributed by atoms with Crippen molar-refractivity contribution in [2.45, 2.75) is 17.2 Å². The maximum atomic E-state index is 11.1. The van der Waals surface area contributed by atoms with Gasteiger partial charge in [0.25, 0.3) is 0 Å². The van der Waals surface area contributed by atoms with E-state index in [1.807, 2.05) is 0 Å². The van der Waals surface area contributed by atoms with Crippen LogP contribution in [0.5, 0.6) is 0 Å². The summed E-state index contributed by atoms with van der Waals surface area (Å²) in [5, 5.41) is 36.1. The Morgan fingerprint density at radius 3 is 1.68 bits per heavy atom. The molecule has 0 heterocycles. The lowest BCUT2D eigenvalue weighted by atomic mass is 9.89. The molecular weight excluding hydrogens is 364 g/mol. The summed E-state index contributed by atoms with van der Waals surface area (Å²) in [6.45, 7) is 0. The van der Waals surface area contributed by atoms with E-state index in [4.69, 9.17) is 20.4 Å². The van der Waals surface area contributed by atoms with Crippen molar-refractivity contribution in [2.24, 2.45) is 0 Å². The first-order valence-electron chi connectivity index (χ1n) is 5.80. The van der Waals surface area contributed by atoms with Crippen LogP contribution in [0.15, 0.2) is 18.2 Å². The number of carbonyl (C=O) groups is 4. The van der Waals surface area contributed by atoms with Crippen molar-refractivity contribution in [1.82, 2.24) is 0 Å². The average Bonchev–Trinajstić information content (AvgIpc) is 2.37. The molecule has 1 aromatic rings. The fraction of sp³-hybridized carbons (Fsp3) is 0.231. The van der Waals surface area contributed by atoms with E-state index < -0.39 is 35.7 Å². The molecule has 118 valence electrons. The lowest BCUT2D eigenvalue weighted by molar-refractivity contribution is -0.151. The Bertz CT molecular complexity index is 611. The van der Waals surface area contributed by atoms with Crippen LogP contribution in [0.2, 0.25) is 0 Å². The SMILES string of the molecule is O=C(O)C(C(=O)O)c1ccc(CBr)c(C(C(=O)O)C(=O)O)c1. The van der Waals surface area contributed by atoms with Gasteiger partial charge in [0.2, 0.25) is 0 Å². The zero-order valence-electron chi connectivity index (χ0n) is 10.9. The Morgan fingerprint density at radius 1 is 0.864 bits per heavy atom. The molecule has 0 saturated carbocycles. The van der Waals surface area contributed by atoms with E-state index in [0.29, 0.717) is 5.56 Å². The van der Waals surface area contributed by atoms with Gasteiger partial charge in [0.1, 0.15) is 0 Å². The van der Waals surface area contributed by atoms with Crippen LogP contribution in [-0.2, 0) is 24.5 Å². The zero-order chi connectivity index (χ0) is 17.0. The first kappa shape index (κ1) is 17.6. The molecule has 0 saturated heterocycles. The molecule has 0 aliphatic carbocycles. The van der Waals surface area contributed by atoms with Crippen molar-refractivity contribution in [2.75, 3.05) is 0 Å². The van der Waals surface area contributed by atoms with Gasteiger partial charge in [-0.3, -0.25) is 19.2 Å². The molecule has 8 nitrogen and oxygen atoms in total. The standard InChI is InChI=1S/C13H11BrO8/c14-4-6-2-1-5(8(10(15)16)11(17)18)3-7(6)9(12(19)20)13(21)22/h1-3,8-9H,4H2,(H,15,16)(H,17,18)(H,19,20)(H,21,22). The quantitative estimate of drug-likeness (QED) is 0.409. The van der Waals surface area contributed by atoms with Crippen LogP contribution in [0, 0.1) is 0 Å². The van der Waals surface area contributed by atoms with E-state index in [1.54, 1.807) is 0 Å². The molecule has 9 heteroatoms. The Kier molecular flexibility index (Phi) is 5.63. The van der Waals surface area contributed by atoms with E-state index in [2.05, 4.69) is 15.9 Å². The second-order valence-electron chi connectivity index (χ2n) is 4.31. The highest BCUT2D eigenvalue weighted by Crippen LogP contribution is 2.28. The molecule has 0 unspecified atom stereocenters. The van der Waals surface area contributed by atoms with Crippen LogP contribution in [-0.4, -0.2) is 44.3 Å². The van der Waals surface area contributed by atoms with Gasteiger partial charge in [-0.15, -0.1) is 0 Å². The molecule has 0 bridgehead atoms. The largest absolute Gasteiger partial charge is 0.480 e. The smallest absolute Gasteiger partial charge is 0.322 e. The number of aliphatic carboxylic acids is 4. The molecule has 1 aromatic carbocycles. The molecule has 0 aliphatic rings. The van der Waals surface area contributed by atoms with Crippen LogP contribution in [0.1, 0.15) is 28.5 Å². The fourth-order valence-corrected chi connectivity index (χ4v) is 2.46.